The first-order chi connectivity index (χ1) is 7.56. The van der Waals surface area contributed by atoms with Crippen molar-refractivity contribution in [3.8, 4) is 0 Å². The Labute approximate surface area is 101 Å². The molecule has 0 saturated carbocycles. The zero-order chi connectivity index (χ0) is 12.2. The molecule has 1 fully saturated rings. The molecule has 1 heterocycles. The number of thioether (sulfide) groups is 1. The Hall–Kier alpha value is -0.710. The van der Waals surface area contributed by atoms with Gasteiger partial charge in [-0.05, 0) is 25.5 Å². The standard InChI is InChI=1S/C11H20N2O2S/c1-4-6-13-10(15)12-9(14)11(13,3)8-16-7-5-2/h4-8H2,1-3H3,(H,12,14,15)/t11-/m1/s1. The molecule has 0 spiro atoms. The summed E-state index contributed by atoms with van der Waals surface area (Å²) in [6, 6.07) is -0.244. The number of amides is 3. The lowest BCUT2D eigenvalue weighted by atomic mass is 10.0. The van der Waals surface area contributed by atoms with E-state index in [-0.39, 0.29) is 11.9 Å². The Kier molecular flexibility index (Phi) is 4.65. The van der Waals surface area contributed by atoms with Crippen LogP contribution in [-0.4, -0.2) is 40.4 Å². The van der Waals surface area contributed by atoms with E-state index >= 15 is 0 Å². The average molecular weight is 244 g/mol. The van der Waals surface area contributed by atoms with Crippen LogP contribution in [0.3, 0.4) is 0 Å². The summed E-state index contributed by atoms with van der Waals surface area (Å²) in [5.74, 6) is 1.55. The van der Waals surface area contributed by atoms with E-state index in [1.807, 2.05) is 13.8 Å². The maximum Gasteiger partial charge on any atom is 0.325 e. The van der Waals surface area contributed by atoms with E-state index in [1.54, 1.807) is 16.7 Å². The van der Waals surface area contributed by atoms with E-state index in [0.29, 0.717) is 12.3 Å². The van der Waals surface area contributed by atoms with Crippen LogP contribution in [0, 0.1) is 0 Å². The Bertz CT molecular complexity index is 283. The van der Waals surface area contributed by atoms with E-state index in [1.165, 1.54) is 0 Å². The van der Waals surface area contributed by atoms with Gasteiger partial charge in [-0.2, -0.15) is 11.8 Å². The molecule has 0 unspecified atom stereocenters. The normalized spacial score (nSPS) is 25.1. The van der Waals surface area contributed by atoms with Gasteiger partial charge in [0.15, 0.2) is 0 Å². The van der Waals surface area contributed by atoms with Gasteiger partial charge in [-0.25, -0.2) is 4.79 Å². The first-order valence-corrected chi connectivity index (χ1v) is 6.92. The number of imide groups is 1. The molecule has 1 atom stereocenters. The van der Waals surface area contributed by atoms with Gasteiger partial charge in [-0.3, -0.25) is 10.1 Å². The molecule has 0 aromatic rings. The highest BCUT2D eigenvalue weighted by Gasteiger charge is 2.48. The molecule has 0 bridgehead atoms. The van der Waals surface area contributed by atoms with E-state index < -0.39 is 5.54 Å². The highest BCUT2D eigenvalue weighted by Crippen LogP contribution is 2.26. The van der Waals surface area contributed by atoms with Crippen molar-refractivity contribution >= 4 is 23.7 Å². The molecule has 1 aliphatic rings. The second-order valence-corrected chi connectivity index (χ2v) is 5.34. The van der Waals surface area contributed by atoms with Crippen molar-refractivity contribution in [3.05, 3.63) is 0 Å². The van der Waals surface area contributed by atoms with Crippen molar-refractivity contribution in [2.45, 2.75) is 39.2 Å². The Morgan fingerprint density at radius 3 is 2.56 bits per heavy atom. The molecular weight excluding hydrogens is 224 g/mol. The summed E-state index contributed by atoms with van der Waals surface area (Å²) in [6.45, 7) is 6.61. The van der Waals surface area contributed by atoms with Gasteiger partial charge in [0.25, 0.3) is 5.91 Å². The highest BCUT2D eigenvalue weighted by atomic mass is 32.2. The number of hydrogen-bond acceptors (Lipinski definition) is 3. The van der Waals surface area contributed by atoms with Gasteiger partial charge in [-0.1, -0.05) is 13.8 Å². The minimum atomic E-state index is -0.660. The Balaban J connectivity index is 2.71. The molecule has 1 N–H and O–H groups in total. The minimum absolute atomic E-state index is 0.158. The fourth-order valence-electron chi connectivity index (χ4n) is 1.78. The van der Waals surface area contributed by atoms with Crippen molar-refractivity contribution in [3.63, 3.8) is 0 Å². The van der Waals surface area contributed by atoms with Crippen molar-refractivity contribution in [2.24, 2.45) is 0 Å². The zero-order valence-corrected chi connectivity index (χ0v) is 11.0. The molecule has 0 aromatic heterocycles. The first-order valence-electron chi connectivity index (χ1n) is 5.77. The smallest absolute Gasteiger partial charge is 0.309 e. The minimum Gasteiger partial charge on any atom is -0.309 e. The number of carbonyl (C=O) groups excluding carboxylic acids is 2. The maximum absolute atomic E-state index is 11.8. The Morgan fingerprint density at radius 1 is 1.31 bits per heavy atom. The third kappa shape index (κ3) is 2.51. The number of nitrogens with one attached hydrogen (secondary N) is 1. The number of urea groups is 1. The van der Waals surface area contributed by atoms with Crippen molar-refractivity contribution in [1.29, 1.82) is 0 Å². The van der Waals surface area contributed by atoms with Crippen LogP contribution in [0.1, 0.15) is 33.6 Å². The number of carbonyl (C=O) groups is 2. The topological polar surface area (TPSA) is 49.4 Å². The first kappa shape index (κ1) is 13.4. The predicted molar refractivity (Wildman–Crippen MR) is 66.6 cm³/mol. The van der Waals surface area contributed by atoms with E-state index in [9.17, 15) is 9.59 Å². The number of nitrogens with zero attached hydrogens (tertiary/aromatic N) is 1. The van der Waals surface area contributed by atoms with Gasteiger partial charge in [0, 0.05) is 12.3 Å². The molecule has 1 saturated heterocycles. The molecule has 0 radical (unpaired) electrons. The van der Waals surface area contributed by atoms with Crippen molar-refractivity contribution < 1.29 is 9.59 Å². The van der Waals surface area contributed by atoms with Gasteiger partial charge >= 0.3 is 6.03 Å². The molecule has 4 nitrogen and oxygen atoms in total. The van der Waals surface area contributed by atoms with Crippen LogP contribution in [-0.2, 0) is 4.79 Å². The summed E-state index contributed by atoms with van der Waals surface area (Å²) in [5.41, 5.74) is -0.660. The highest BCUT2D eigenvalue weighted by molar-refractivity contribution is 7.99. The third-order valence-electron chi connectivity index (χ3n) is 2.73. The van der Waals surface area contributed by atoms with Gasteiger partial charge in [-0.15, -0.1) is 0 Å². The van der Waals surface area contributed by atoms with Gasteiger partial charge in [0.05, 0.1) is 0 Å². The monoisotopic (exact) mass is 244 g/mol. The molecule has 3 amide bonds. The fourth-order valence-corrected chi connectivity index (χ4v) is 2.89. The summed E-state index contributed by atoms with van der Waals surface area (Å²) in [4.78, 5) is 25.1. The van der Waals surface area contributed by atoms with E-state index in [0.717, 1.165) is 18.6 Å². The lowest BCUT2D eigenvalue weighted by Crippen LogP contribution is -2.49. The molecule has 1 rings (SSSR count). The predicted octanol–water partition coefficient (Wildman–Crippen LogP) is 1.85. The van der Waals surface area contributed by atoms with Gasteiger partial charge in [0.1, 0.15) is 5.54 Å². The molecule has 1 aliphatic heterocycles. The molecular formula is C11H20N2O2S. The molecule has 16 heavy (non-hydrogen) atoms. The van der Waals surface area contributed by atoms with Crippen molar-refractivity contribution in [2.75, 3.05) is 18.1 Å². The second kappa shape index (κ2) is 5.57. The quantitative estimate of drug-likeness (QED) is 0.573. The Morgan fingerprint density at radius 2 is 2.00 bits per heavy atom. The maximum atomic E-state index is 11.8. The summed E-state index contributed by atoms with van der Waals surface area (Å²) < 4.78 is 0. The fraction of sp³-hybridized carbons (Fsp3) is 0.818. The van der Waals surface area contributed by atoms with Gasteiger partial charge in [0.2, 0.25) is 0 Å². The zero-order valence-electron chi connectivity index (χ0n) is 10.2. The summed E-state index contributed by atoms with van der Waals surface area (Å²) >= 11 is 1.73. The van der Waals surface area contributed by atoms with Crippen LogP contribution in [0.2, 0.25) is 0 Å². The lowest BCUT2D eigenvalue weighted by molar-refractivity contribution is -0.124. The van der Waals surface area contributed by atoms with Crippen LogP contribution >= 0.6 is 11.8 Å². The third-order valence-corrected chi connectivity index (χ3v) is 4.19. The van der Waals surface area contributed by atoms with E-state index in [4.69, 9.17) is 0 Å². The lowest BCUT2D eigenvalue weighted by Gasteiger charge is -2.31. The summed E-state index contributed by atoms with van der Waals surface area (Å²) in [6.07, 6.45) is 1.96. The van der Waals surface area contributed by atoms with Crippen LogP contribution in [0.15, 0.2) is 0 Å². The van der Waals surface area contributed by atoms with Crippen molar-refractivity contribution in [1.82, 2.24) is 10.2 Å². The van der Waals surface area contributed by atoms with Gasteiger partial charge < -0.3 is 4.90 Å². The second-order valence-electron chi connectivity index (χ2n) is 4.24. The summed E-state index contributed by atoms with van der Waals surface area (Å²) in [7, 11) is 0. The van der Waals surface area contributed by atoms with E-state index in [2.05, 4.69) is 12.2 Å². The SMILES string of the molecule is CCCSC[C@]1(C)C(=O)NC(=O)N1CCC. The molecule has 92 valence electrons. The number of hydrogen-bond donors (Lipinski definition) is 1. The molecule has 0 aliphatic carbocycles. The molecule has 5 heteroatoms. The number of rotatable bonds is 6. The largest absolute Gasteiger partial charge is 0.325 e. The molecule has 0 aromatic carbocycles. The van der Waals surface area contributed by atoms with Crippen LogP contribution < -0.4 is 5.32 Å². The summed E-state index contributed by atoms with van der Waals surface area (Å²) in [5, 5.41) is 2.40. The average Bonchev–Trinajstić information content (AvgIpc) is 2.44. The van der Waals surface area contributed by atoms with Crippen LogP contribution in [0.25, 0.3) is 0 Å². The van der Waals surface area contributed by atoms with Crippen LogP contribution in [0.5, 0.6) is 0 Å². The van der Waals surface area contributed by atoms with Crippen LogP contribution in [0.4, 0.5) is 4.79 Å².